The van der Waals surface area contributed by atoms with Crippen LogP contribution in [0.15, 0.2) is 24.3 Å². The number of methoxy groups -OCH3 is 1. The molecule has 1 aliphatic rings. The number of aryl methyl sites for hydroxylation is 2. The molecule has 1 unspecified atom stereocenters. The molecule has 2 heterocycles. The number of carbonyl (C=O) groups is 2. The lowest BCUT2D eigenvalue weighted by Crippen LogP contribution is -2.43. The van der Waals surface area contributed by atoms with Gasteiger partial charge in [-0.25, -0.2) is 0 Å². The maximum atomic E-state index is 12.9. The first-order chi connectivity index (χ1) is 13.0. The number of carbonyl (C=O) groups excluding carboxylic acids is 2. The average molecular weight is 370 g/mol. The lowest BCUT2D eigenvalue weighted by Gasteiger charge is -2.23. The van der Waals surface area contributed by atoms with E-state index in [2.05, 4.69) is 22.4 Å². The zero-order valence-corrected chi connectivity index (χ0v) is 16.0. The number of nitrogens with zero attached hydrogens (tertiary/aromatic N) is 2. The molecule has 144 valence electrons. The Labute approximate surface area is 159 Å². The summed E-state index contributed by atoms with van der Waals surface area (Å²) < 4.78 is 5.32. The van der Waals surface area contributed by atoms with Crippen LogP contribution in [0.2, 0.25) is 0 Å². The first kappa shape index (κ1) is 18.9. The third-order valence-corrected chi connectivity index (χ3v) is 4.80. The Bertz CT molecular complexity index is 830. The number of amides is 2. The van der Waals surface area contributed by atoms with Crippen molar-refractivity contribution in [1.29, 1.82) is 0 Å². The largest absolute Gasteiger partial charge is 0.495 e. The number of benzene rings is 1. The van der Waals surface area contributed by atoms with Gasteiger partial charge in [-0.15, -0.1) is 0 Å². The summed E-state index contributed by atoms with van der Waals surface area (Å²) in [5.74, 6) is 0.192. The van der Waals surface area contributed by atoms with Crippen molar-refractivity contribution in [1.82, 2.24) is 15.1 Å². The fourth-order valence-corrected chi connectivity index (χ4v) is 3.43. The zero-order valence-electron chi connectivity index (χ0n) is 16.0. The topological polar surface area (TPSA) is 87.3 Å². The van der Waals surface area contributed by atoms with Crippen LogP contribution in [0.3, 0.4) is 0 Å². The first-order valence-corrected chi connectivity index (χ1v) is 9.34. The Morgan fingerprint density at radius 1 is 1.37 bits per heavy atom. The summed E-state index contributed by atoms with van der Waals surface area (Å²) >= 11 is 0. The van der Waals surface area contributed by atoms with Crippen molar-refractivity contribution in [2.75, 3.05) is 19.0 Å². The lowest BCUT2D eigenvalue weighted by atomic mass is 10.1. The number of aromatic amines is 1. The number of aromatic nitrogens is 2. The van der Waals surface area contributed by atoms with E-state index in [1.54, 1.807) is 18.1 Å². The van der Waals surface area contributed by atoms with E-state index in [4.69, 9.17) is 4.74 Å². The second-order valence-electron chi connectivity index (χ2n) is 6.88. The molecule has 1 saturated heterocycles. The molecule has 0 aliphatic carbocycles. The van der Waals surface area contributed by atoms with Gasteiger partial charge in [0.25, 0.3) is 5.91 Å². The van der Waals surface area contributed by atoms with Gasteiger partial charge in [0.1, 0.15) is 17.5 Å². The van der Waals surface area contributed by atoms with Gasteiger partial charge in [0.2, 0.25) is 5.91 Å². The molecule has 0 radical (unpaired) electrons. The van der Waals surface area contributed by atoms with Gasteiger partial charge in [0.15, 0.2) is 0 Å². The molecule has 0 saturated carbocycles. The molecule has 2 N–H and O–H groups in total. The molecule has 0 spiro atoms. The molecule has 2 amide bonds. The Balaban J connectivity index is 1.74. The Morgan fingerprint density at radius 2 is 2.19 bits per heavy atom. The molecule has 1 aromatic carbocycles. The fourth-order valence-electron chi connectivity index (χ4n) is 3.43. The second kappa shape index (κ2) is 8.24. The number of hydrogen-bond donors (Lipinski definition) is 2. The summed E-state index contributed by atoms with van der Waals surface area (Å²) in [7, 11) is 1.57. The van der Waals surface area contributed by atoms with Gasteiger partial charge in [0.05, 0.1) is 12.8 Å². The molecule has 7 nitrogen and oxygen atoms in total. The summed E-state index contributed by atoms with van der Waals surface area (Å²) in [4.78, 5) is 27.3. The minimum absolute atomic E-state index is 0.200. The fraction of sp³-hybridized carbons (Fsp3) is 0.450. The standard InChI is InChI=1S/C20H26N4O3/c1-4-6-14-12-16(23-22-14)20(26)24-10-5-7-17(24)19(25)21-15-11-13(2)8-9-18(15)27-3/h8-9,11-12,17H,4-7,10H2,1-3H3,(H,21,25)(H,22,23). The highest BCUT2D eigenvalue weighted by atomic mass is 16.5. The van der Waals surface area contributed by atoms with Crippen LogP contribution in [0.4, 0.5) is 5.69 Å². The summed E-state index contributed by atoms with van der Waals surface area (Å²) in [6, 6.07) is 6.88. The minimum atomic E-state index is -0.506. The normalized spacial score (nSPS) is 16.4. The van der Waals surface area contributed by atoms with Crippen LogP contribution in [-0.2, 0) is 11.2 Å². The molecule has 1 aliphatic heterocycles. The number of nitrogens with one attached hydrogen (secondary N) is 2. The van der Waals surface area contributed by atoms with E-state index in [0.29, 0.717) is 30.1 Å². The van der Waals surface area contributed by atoms with Gasteiger partial charge in [-0.3, -0.25) is 14.7 Å². The summed E-state index contributed by atoms with van der Waals surface area (Å²) in [5.41, 5.74) is 2.94. The van der Waals surface area contributed by atoms with E-state index >= 15 is 0 Å². The molecule has 27 heavy (non-hydrogen) atoms. The van der Waals surface area contributed by atoms with E-state index in [9.17, 15) is 9.59 Å². The van der Waals surface area contributed by atoms with Crippen molar-refractivity contribution in [2.24, 2.45) is 0 Å². The lowest BCUT2D eigenvalue weighted by molar-refractivity contribution is -0.119. The Kier molecular flexibility index (Phi) is 5.78. The third-order valence-electron chi connectivity index (χ3n) is 4.80. The van der Waals surface area contributed by atoms with Gasteiger partial charge in [-0.05, 0) is 49.9 Å². The van der Waals surface area contributed by atoms with Crippen molar-refractivity contribution in [2.45, 2.75) is 45.6 Å². The monoisotopic (exact) mass is 370 g/mol. The number of likely N-dealkylation sites (tertiary alicyclic amines) is 1. The third kappa shape index (κ3) is 4.13. The summed E-state index contributed by atoms with van der Waals surface area (Å²) in [5, 5.41) is 9.95. The molecule has 2 aromatic rings. The van der Waals surface area contributed by atoms with E-state index < -0.39 is 6.04 Å². The smallest absolute Gasteiger partial charge is 0.275 e. The number of rotatable bonds is 6. The van der Waals surface area contributed by atoms with Crippen LogP contribution in [0.5, 0.6) is 5.75 Å². The quantitative estimate of drug-likeness (QED) is 0.818. The van der Waals surface area contributed by atoms with Crippen molar-refractivity contribution < 1.29 is 14.3 Å². The number of anilines is 1. The SMILES string of the molecule is CCCc1cc(C(=O)N2CCCC2C(=O)Nc2cc(C)ccc2OC)n[nH]1. The average Bonchev–Trinajstić information content (AvgIpc) is 3.31. The number of H-pyrrole nitrogens is 1. The summed E-state index contributed by atoms with van der Waals surface area (Å²) in [6.07, 6.45) is 3.25. The molecule has 7 heteroatoms. The van der Waals surface area contributed by atoms with Crippen LogP contribution < -0.4 is 10.1 Å². The van der Waals surface area contributed by atoms with Gasteiger partial charge >= 0.3 is 0 Å². The van der Waals surface area contributed by atoms with Crippen LogP contribution >= 0.6 is 0 Å². The molecule has 1 aromatic heterocycles. The van der Waals surface area contributed by atoms with E-state index in [1.165, 1.54) is 0 Å². The molecule has 0 bridgehead atoms. The van der Waals surface area contributed by atoms with Crippen LogP contribution in [0, 0.1) is 6.92 Å². The maximum absolute atomic E-state index is 12.9. The van der Waals surface area contributed by atoms with Crippen LogP contribution in [0.1, 0.15) is 47.9 Å². The predicted molar refractivity (Wildman–Crippen MR) is 103 cm³/mol. The van der Waals surface area contributed by atoms with Gasteiger partial charge in [0, 0.05) is 12.2 Å². The Morgan fingerprint density at radius 3 is 2.93 bits per heavy atom. The highest BCUT2D eigenvalue weighted by Crippen LogP contribution is 2.27. The van der Waals surface area contributed by atoms with Crippen molar-refractivity contribution >= 4 is 17.5 Å². The highest BCUT2D eigenvalue weighted by Gasteiger charge is 2.35. The van der Waals surface area contributed by atoms with Crippen LogP contribution in [-0.4, -0.2) is 46.6 Å². The van der Waals surface area contributed by atoms with Gasteiger partial charge in [-0.2, -0.15) is 5.10 Å². The highest BCUT2D eigenvalue weighted by molar-refractivity contribution is 6.01. The first-order valence-electron chi connectivity index (χ1n) is 9.34. The van der Waals surface area contributed by atoms with Gasteiger partial charge < -0.3 is 15.0 Å². The Hall–Kier alpha value is -2.83. The van der Waals surface area contributed by atoms with Crippen LogP contribution in [0.25, 0.3) is 0 Å². The molecular formula is C20H26N4O3. The molecule has 1 fully saturated rings. The second-order valence-corrected chi connectivity index (χ2v) is 6.88. The minimum Gasteiger partial charge on any atom is -0.495 e. The van der Waals surface area contributed by atoms with E-state index in [0.717, 1.165) is 30.5 Å². The van der Waals surface area contributed by atoms with E-state index in [1.807, 2.05) is 25.1 Å². The van der Waals surface area contributed by atoms with Crippen molar-refractivity contribution in [3.63, 3.8) is 0 Å². The van der Waals surface area contributed by atoms with E-state index in [-0.39, 0.29) is 11.8 Å². The predicted octanol–water partition coefficient (Wildman–Crippen LogP) is 2.92. The van der Waals surface area contributed by atoms with Crippen molar-refractivity contribution in [3.8, 4) is 5.75 Å². The van der Waals surface area contributed by atoms with Gasteiger partial charge in [-0.1, -0.05) is 19.4 Å². The molecule has 3 rings (SSSR count). The van der Waals surface area contributed by atoms with Crippen molar-refractivity contribution in [3.05, 3.63) is 41.2 Å². The number of ether oxygens (including phenoxy) is 1. The summed E-state index contributed by atoms with van der Waals surface area (Å²) in [6.45, 7) is 4.58. The zero-order chi connectivity index (χ0) is 19.4. The molecular weight excluding hydrogens is 344 g/mol. The molecule has 1 atom stereocenters. The maximum Gasteiger partial charge on any atom is 0.275 e. The number of hydrogen-bond acceptors (Lipinski definition) is 4.